The molecule has 3 rings (SSSR count). The molecule has 1 spiro atoms. The van der Waals surface area contributed by atoms with E-state index in [-0.39, 0.29) is 0 Å². The van der Waals surface area contributed by atoms with Gasteiger partial charge in [0.05, 0.1) is 13.2 Å². The van der Waals surface area contributed by atoms with Crippen LogP contribution in [-0.4, -0.2) is 37.1 Å². The van der Waals surface area contributed by atoms with Crippen LogP contribution in [0.2, 0.25) is 0 Å². The van der Waals surface area contributed by atoms with Gasteiger partial charge in [0.2, 0.25) is 5.91 Å². The van der Waals surface area contributed by atoms with Gasteiger partial charge < -0.3 is 9.64 Å². The number of hydrogen-bond acceptors (Lipinski definition) is 2. The first-order chi connectivity index (χ1) is 7.70. The van der Waals surface area contributed by atoms with Crippen LogP contribution in [-0.2, 0) is 9.53 Å². The summed E-state index contributed by atoms with van der Waals surface area (Å²) in [6.45, 7) is 5.54. The lowest BCUT2D eigenvalue weighted by Crippen LogP contribution is -2.46. The normalized spacial score (nSPS) is 36.7. The van der Waals surface area contributed by atoms with Gasteiger partial charge in [0.25, 0.3) is 0 Å². The van der Waals surface area contributed by atoms with Gasteiger partial charge in [0, 0.05) is 24.4 Å². The van der Waals surface area contributed by atoms with E-state index in [4.69, 9.17) is 4.74 Å². The van der Waals surface area contributed by atoms with Crippen LogP contribution in [0, 0.1) is 17.3 Å². The molecular formula is C13H21NO2. The highest BCUT2D eigenvalue weighted by Gasteiger charge is 2.46. The number of amides is 1. The molecule has 2 saturated carbocycles. The highest BCUT2D eigenvalue weighted by atomic mass is 16.5. The SMILES string of the molecule is CC1CC1C(=O)N1CCOCC2(CCC2)C1. The summed E-state index contributed by atoms with van der Waals surface area (Å²) < 4.78 is 5.67. The minimum atomic E-state index is 0.324. The summed E-state index contributed by atoms with van der Waals surface area (Å²) in [7, 11) is 0. The van der Waals surface area contributed by atoms with Crippen LogP contribution in [0.1, 0.15) is 32.6 Å². The van der Waals surface area contributed by atoms with Gasteiger partial charge in [-0.2, -0.15) is 0 Å². The zero-order valence-electron chi connectivity index (χ0n) is 10.1. The lowest BCUT2D eigenvalue weighted by molar-refractivity contribution is -0.134. The van der Waals surface area contributed by atoms with Crippen LogP contribution in [0.5, 0.6) is 0 Å². The lowest BCUT2D eigenvalue weighted by Gasteiger charge is -2.42. The van der Waals surface area contributed by atoms with E-state index in [1.807, 2.05) is 0 Å². The van der Waals surface area contributed by atoms with Crippen LogP contribution < -0.4 is 0 Å². The van der Waals surface area contributed by atoms with Gasteiger partial charge in [0.15, 0.2) is 0 Å². The van der Waals surface area contributed by atoms with Crippen molar-refractivity contribution in [3.8, 4) is 0 Å². The number of carbonyl (C=O) groups is 1. The number of carbonyl (C=O) groups excluding carboxylic acids is 1. The van der Waals surface area contributed by atoms with Crippen molar-refractivity contribution in [2.75, 3.05) is 26.3 Å². The Morgan fingerprint density at radius 2 is 2.19 bits per heavy atom. The van der Waals surface area contributed by atoms with Crippen molar-refractivity contribution >= 4 is 5.91 Å². The molecule has 0 aromatic carbocycles. The topological polar surface area (TPSA) is 29.5 Å². The summed E-state index contributed by atoms with van der Waals surface area (Å²) in [5.74, 6) is 1.34. The van der Waals surface area contributed by atoms with Gasteiger partial charge in [-0.3, -0.25) is 4.79 Å². The Labute approximate surface area is 97.1 Å². The molecule has 1 saturated heterocycles. The molecule has 1 aliphatic heterocycles. The molecule has 0 aromatic rings. The average Bonchev–Trinajstić information content (AvgIpc) is 2.96. The second-order valence-electron chi connectivity index (χ2n) is 5.99. The van der Waals surface area contributed by atoms with E-state index in [0.717, 1.165) is 32.7 Å². The Morgan fingerprint density at radius 3 is 2.75 bits per heavy atom. The quantitative estimate of drug-likeness (QED) is 0.677. The maximum absolute atomic E-state index is 12.2. The molecule has 3 aliphatic rings. The van der Waals surface area contributed by atoms with E-state index >= 15 is 0 Å². The van der Waals surface area contributed by atoms with Gasteiger partial charge in [-0.05, 0) is 25.2 Å². The zero-order valence-corrected chi connectivity index (χ0v) is 10.1. The van der Waals surface area contributed by atoms with E-state index in [1.165, 1.54) is 19.3 Å². The molecule has 0 aromatic heterocycles. The summed E-state index contributed by atoms with van der Waals surface area (Å²) in [4.78, 5) is 14.3. The summed E-state index contributed by atoms with van der Waals surface area (Å²) in [6, 6.07) is 0. The third kappa shape index (κ3) is 1.75. The molecule has 0 N–H and O–H groups in total. The first-order valence-electron chi connectivity index (χ1n) is 6.57. The molecule has 0 radical (unpaired) electrons. The summed E-state index contributed by atoms with van der Waals surface area (Å²) in [5.41, 5.74) is 0.324. The van der Waals surface area contributed by atoms with E-state index in [2.05, 4.69) is 11.8 Å². The predicted octanol–water partition coefficient (Wildman–Crippen LogP) is 1.67. The van der Waals surface area contributed by atoms with Crippen LogP contribution in [0.25, 0.3) is 0 Å². The van der Waals surface area contributed by atoms with Gasteiger partial charge in [-0.25, -0.2) is 0 Å². The average molecular weight is 223 g/mol. The van der Waals surface area contributed by atoms with Gasteiger partial charge in [0.1, 0.15) is 0 Å². The largest absolute Gasteiger partial charge is 0.379 e. The molecule has 3 nitrogen and oxygen atoms in total. The number of rotatable bonds is 1. The van der Waals surface area contributed by atoms with Crippen LogP contribution in [0.3, 0.4) is 0 Å². The Morgan fingerprint density at radius 1 is 1.44 bits per heavy atom. The second-order valence-corrected chi connectivity index (χ2v) is 5.99. The lowest BCUT2D eigenvalue weighted by atomic mass is 9.69. The molecule has 2 atom stereocenters. The smallest absolute Gasteiger partial charge is 0.226 e. The molecule has 2 unspecified atom stereocenters. The minimum absolute atomic E-state index is 0.324. The summed E-state index contributed by atoms with van der Waals surface area (Å²) >= 11 is 0. The Balaban J connectivity index is 1.67. The second kappa shape index (κ2) is 3.73. The predicted molar refractivity (Wildman–Crippen MR) is 61.0 cm³/mol. The number of ether oxygens (including phenoxy) is 1. The molecule has 90 valence electrons. The molecule has 3 heteroatoms. The third-order valence-electron chi connectivity index (χ3n) is 4.59. The summed E-state index contributed by atoms with van der Waals surface area (Å²) in [5, 5.41) is 0. The Kier molecular flexibility index (Phi) is 2.46. The fourth-order valence-electron chi connectivity index (χ4n) is 3.06. The van der Waals surface area contributed by atoms with Crippen LogP contribution in [0.15, 0.2) is 0 Å². The van der Waals surface area contributed by atoms with Gasteiger partial charge in [-0.1, -0.05) is 13.3 Å². The molecule has 3 fully saturated rings. The van der Waals surface area contributed by atoms with Crippen molar-refractivity contribution in [2.45, 2.75) is 32.6 Å². The molecule has 2 aliphatic carbocycles. The third-order valence-corrected chi connectivity index (χ3v) is 4.59. The minimum Gasteiger partial charge on any atom is -0.379 e. The van der Waals surface area contributed by atoms with Crippen molar-refractivity contribution in [2.24, 2.45) is 17.3 Å². The fourth-order valence-corrected chi connectivity index (χ4v) is 3.06. The van der Waals surface area contributed by atoms with Crippen molar-refractivity contribution < 1.29 is 9.53 Å². The maximum Gasteiger partial charge on any atom is 0.226 e. The molecule has 0 bridgehead atoms. The summed E-state index contributed by atoms with van der Waals surface area (Å²) in [6.07, 6.45) is 4.91. The fraction of sp³-hybridized carbons (Fsp3) is 0.923. The van der Waals surface area contributed by atoms with Crippen molar-refractivity contribution in [3.05, 3.63) is 0 Å². The van der Waals surface area contributed by atoms with Crippen molar-refractivity contribution in [3.63, 3.8) is 0 Å². The van der Waals surface area contributed by atoms with E-state index in [0.29, 0.717) is 23.2 Å². The molecule has 1 amide bonds. The van der Waals surface area contributed by atoms with Crippen molar-refractivity contribution in [1.82, 2.24) is 4.90 Å². The zero-order chi connectivity index (χ0) is 11.2. The van der Waals surface area contributed by atoms with E-state index in [9.17, 15) is 4.79 Å². The molecule has 1 heterocycles. The first-order valence-corrected chi connectivity index (χ1v) is 6.57. The Bertz CT molecular complexity index is 298. The monoisotopic (exact) mass is 223 g/mol. The molecule has 16 heavy (non-hydrogen) atoms. The number of nitrogens with zero attached hydrogens (tertiary/aromatic N) is 1. The van der Waals surface area contributed by atoms with Gasteiger partial charge in [-0.15, -0.1) is 0 Å². The maximum atomic E-state index is 12.2. The van der Waals surface area contributed by atoms with E-state index < -0.39 is 0 Å². The van der Waals surface area contributed by atoms with Gasteiger partial charge >= 0.3 is 0 Å². The highest BCUT2D eigenvalue weighted by Crippen LogP contribution is 2.44. The van der Waals surface area contributed by atoms with Crippen molar-refractivity contribution in [1.29, 1.82) is 0 Å². The Hall–Kier alpha value is -0.570. The first kappa shape index (κ1) is 10.6. The highest BCUT2D eigenvalue weighted by molar-refractivity contribution is 5.81. The standard InChI is InChI=1S/C13H21NO2/c1-10-7-11(10)12(15)14-5-6-16-9-13(8-14)3-2-4-13/h10-11H,2-9H2,1H3. The van der Waals surface area contributed by atoms with Crippen LogP contribution in [0.4, 0.5) is 0 Å². The van der Waals surface area contributed by atoms with Crippen LogP contribution >= 0.6 is 0 Å². The number of hydrogen-bond donors (Lipinski definition) is 0. The van der Waals surface area contributed by atoms with E-state index in [1.54, 1.807) is 0 Å². The molecular weight excluding hydrogens is 202 g/mol.